The van der Waals surface area contributed by atoms with Gasteiger partial charge in [0.2, 0.25) is 0 Å². The molecule has 2 heteroatoms. The Bertz CT molecular complexity index is 136. The summed E-state index contributed by atoms with van der Waals surface area (Å²) in [6, 6.07) is 0.241. The van der Waals surface area contributed by atoms with Gasteiger partial charge in [0.15, 0.2) is 0 Å². The van der Waals surface area contributed by atoms with Gasteiger partial charge in [-0.05, 0) is 37.0 Å². The first-order valence-electron chi connectivity index (χ1n) is 5.01. The van der Waals surface area contributed by atoms with Crippen molar-refractivity contribution in [3.05, 3.63) is 0 Å². The quantitative estimate of drug-likeness (QED) is 0.659. The van der Waals surface area contributed by atoms with Gasteiger partial charge in [-0.3, -0.25) is 0 Å². The fraction of sp³-hybridized carbons (Fsp3) is 1.00. The molecule has 3 atom stereocenters. The van der Waals surface area contributed by atoms with Gasteiger partial charge in [-0.1, -0.05) is 13.8 Å². The number of rotatable bonds is 2. The Balaban J connectivity index is 2.44. The molecule has 3 N–H and O–H groups in total. The van der Waals surface area contributed by atoms with Gasteiger partial charge < -0.3 is 10.8 Å². The molecule has 1 aliphatic carbocycles. The van der Waals surface area contributed by atoms with E-state index in [2.05, 4.69) is 13.8 Å². The van der Waals surface area contributed by atoms with E-state index in [4.69, 9.17) is 10.8 Å². The van der Waals surface area contributed by atoms with Crippen molar-refractivity contribution < 1.29 is 5.11 Å². The van der Waals surface area contributed by atoms with Gasteiger partial charge in [0.1, 0.15) is 0 Å². The minimum atomic E-state index is 0.241. The van der Waals surface area contributed by atoms with Crippen LogP contribution in [-0.4, -0.2) is 17.8 Å². The van der Waals surface area contributed by atoms with Gasteiger partial charge in [-0.2, -0.15) is 0 Å². The van der Waals surface area contributed by atoms with Crippen LogP contribution in [0.5, 0.6) is 0 Å². The summed E-state index contributed by atoms with van der Waals surface area (Å²) in [5, 5.41) is 9.08. The van der Waals surface area contributed by atoms with Crippen molar-refractivity contribution in [2.45, 2.75) is 39.2 Å². The highest BCUT2D eigenvalue weighted by molar-refractivity contribution is 4.83. The van der Waals surface area contributed by atoms with Crippen molar-refractivity contribution in [1.82, 2.24) is 0 Å². The molecule has 1 aliphatic rings. The van der Waals surface area contributed by atoms with Crippen molar-refractivity contribution in [1.29, 1.82) is 0 Å². The Morgan fingerprint density at radius 2 is 2.08 bits per heavy atom. The Hall–Kier alpha value is -0.0800. The highest BCUT2D eigenvalue weighted by Crippen LogP contribution is 2.32. The Labute approximate surface area is 75.2 Å². The summed E-state index contributed by atoms with van der Waals surface area (Å²) in [6.45, 7) is 4.79. The van der Waals surface area contributed by atoms with E-state index in [-0.39, 0.29) is 12.6 Å². The molecule has 1 rings (SSSR count). The number of nitrogens with two attached hydrogens (primary N) is 1. The van der Waals surface area contributed by atoms with Gasteiger partial charge in [0, 0.05) is 12.6 Å². The summed E-state index contributed by atoms with van der Waals surface area (Å²) >= 11 is 0. The van der Waals surface area contributed by atoms with Crippen molar-refractivity contribution in [2.75, 3.05) is 6.61 Å². The van der Waals surface area contributed by atoms with Crippen LogP contribution in [0.15, 0.2) is 0 Å². The average Bonchev–Trinajstić information content (AvgIpc) is 2.05. The lowest BCUT2D eigenvalue weighted by molar-refractivity contribution is 0.123. The van der Waals surface area contributed by atoms with Crippen LogP contribution in [0.2, 0.25) is 0 Å². The van der Waals surface area contributed by atoms with Crippen molar-refractivity contribution in [2.24, 2.45) is 23.5 Å². The van der Waals surface area contributed by atoms with E-state index in [0.717, 1.165) is 24.7 Å². The maximum atomic E-state index is 9.08. The maximum Gasteiger partial charge on any atom is 0.0474 e. The van der Waals surface area contributed by atoms with Crippen LogP contribution in [-0.2, 0) is 0 Å². The molecule has 12 heavy (non-hydrogen) atoms. The molecule has 0 saturated heterocycles. The van der Waals surface area contributed by atoms with E-state index < -0.39 is 0 Å². The maximum absolute atomic E-state index is 9.08. The second kappa shape index (κ2) is 4.24. The summed E-state index contributed by atoms with van der Waals surface area (Å²) in [5.41, 5.74) is 5.89. The second-order valence-corrected chi connectivity index (χ2v) is 4.42. The third kappa shape index (κ3) is 2.20. The lowest BCUT2D eigenvalue weighted by Crippen LogP contribution is -2.39. The van der Waals surface area contributed by atoms with E-state index >= 15 is 0 Å². The molecule has 2 nitrogen and oxygen atoms in total. The summed E-state index contributed by atoms with van der Waals surface area (Å²) in [7, 11) is 0. The highest BCUT2D eigenvalue weighted by atomic mass is 16.3. The number of aliphatic hydroxyl groups excluding tert-OH is 1. The van der Waals surface area contributed by atoms with Crippen molar-refractivity contribution in [3.63, 3.8) is 0 Å². The average molecular weight is 171 g/mol. The molecule has 0 aromatic rings. The molecule has 0 heterocycles. The van der Waals surface area contributed by atoms with Crippen molar-refractivity contribution in [3.8, 4) is 0 Å². The van der Waals surface area contributed by atoms with E-state index in [1.165, 1.54) is 6.42 Å². The fourth-order valence-electron chi connectivity index (χ4n) is 2.14. The molecule has 0 bridgehead atoms. The Kier molecular flexibility index (Phi) is 3.53. The number of hydrogen-bond donors (Lipinski definition) is 2. The van der Waals surface area contributed by atoms with E-state index in [1.807, 2.05) is 0 Å². The van der Waals surface area contributed by atoms with Gasteiger partial charge in [0.25, 0.3) is 0 Å². The molecule has 0 amide bonds. The Morgan fingerprint density at radius 1 is 1.42 bits per heavy atom. The minimum absolute atomic E-state index is 0.241. The SMILES string of the molecule is CC(C)C1CCC(N)C(CO)C1. The Morgan fingerprint density at radius 3 is 2.58 bits per heavy atom. The molecule has 1 fully saturated rings. The first-order valence-corrected chi connectivity index (χ1v) is 5.01. The minimum Gasteiger partial charge on any atom is -0.396 e. The molecule has 3 unspecified atom stereocenters. The van der Waals surface area contributed by atoms with Gasteiger partial charge >= 0.3 is 0 Å². The van der Waals surface area contributed by atoms with E-state index in [1.54, 1.807) is 0 Å². The molecule has 0 aliphatic heterocycles. The zero-order chi connectivity index (χ0) is 9.14. The third-order valence-electron chi connectivity index (χ3n) is 3.26. The van der Waals surface area contributed by atoms with Crippen LogP contribution in [0.3, 0.4) is 0 Å². The molecule has 0 spiro atoms. The van der Waals surface area contributed by atoms with Gasteiger partial charge in [0.05, 0.1) is 0 Å². The largest absolute Gasteiger partial charge is 0.396 e. The van der Waals surface area contributed by atoms with Crippen LogP contribution in [0.1, 0.15) is 33.1 Å². The monoisotopic (exact) mass is 171 g/mol. The smallest absolute Gasteiger partial charge is 0.0474 e. The number of hydrogen-bond acceptors (Lipinski definition) is 2. The lowest BCUT2D eigenvalue weighted by Gasteiger charge is -2.35. The number of aliphatic hydroxyl groups is 1. The van der Waals surface area contributed by atoms with Crippen LogP contribution < -0.4 is 5.73 Å². The van der Waals surface area contributed by atoms with Gasteiger partial charge in [-0.15, -0.1) is 0 Å². The molecule has 72 valence electrons. The zero-order valence-corrected chi connectivity index (χ0v) is 8.16. The first-order chi connectivity index (χ1) is 5.65. The first kappa shape index (κ1) is 10.0. The van der Waals surface area contributed by atoms with Crippen LogP contribution in [0.4, 0.5) is 0 Å². The zero-order valence-electron chi connectivity index (χ0n) is 8.16. The van der Waals surface area contributed by atoms with E-state index in [0.29, 0.717) is 5.92 Å². The van der Waals surface area contributed by atoms with Gasteiger partial charge in [-0.25, -0.2) is 0 Å². The third-order valence-corrected chi connectivity index (χ3v) is 3.26. The molecule has 0 radical (unpaired) electrons. The topological polar surface area (TPSA) is 46.2 Å². The molecule has 0 aromatic carbocycles. The summed E-state index contributed by atoms with van der Waals surface area (Å²) in [6.07, 6.45) is 3.46. The van der Waals surface area contributed by atoms with E-state index in [9.17, 15) is 0 Å². The van der Waals surface area contributed by atoms with Crippen LogP contribution in [0, 0.1) is 17.8 Å². The predicted octanol–water partition coefficient (Wildman–Crippen LogP) is 1.38. The lowest BCUT2D eigenvalue weighted by atomic mass is 9.74. The summed E-state index contributed by atoms with van der Waals surface area (Å²) in [5.74, 6) is 1.87. The fourth-order valence-corrected chi connectivity index (χ4v) is 2.14. The highest BCUT2D eigenvalue weighted by Gasteiger charge is 2.28. The predicted molar refractivity (Wildman–Crippen MR) is 50.7 cm³/mol. The molecule has 1 saturated carbocycles. The molecular formula is C10H21NO. The molecular weight excluding hydrogens is 150 g/mol. The normalized spacial score (nSPS) is 37.2. The van der Waals surface area contributed by atoms with Crippen molar-refractivity contribution >= 4 is 0 Å². The summed E-state index contributed by atoms with van der Waals surface area (Å²) < 4.78 is 0. The van der Waals surface area contributed by atoms with Crippen LogP contribution in [0.25, 0.3) is 0 Å². The summed E-state index contributed by atoms with van der Waals surface area (Å²) in [4.78, 5) is 0. The van der Waals surface area contributed by atoms with Crippen LogP contribution >= 0.6 is 0 Å². The second-order valence-electron chi connectivity index (χ2n) is 4.42. The standard InChI is InChI=1S/C10H21NO/c1-7(2)8-3-4-10(11)9(5-8)6-12/h7-10,12H,3-6,11H2,1-2H3. The molecule has 0 aromatic heterocycles.